The molecule has 2 aliphatic rings. The summed E-state index contributed by atoms with van der Waals surface area (Å²) in [6, 6.07) is 9.24. The van der Waals surface area contributed by atoms with Gasteiger partial charge in [0.25, 0.3) is 0 Å². The number of hydrogen-bond donors (Lipinski definition) is 2. The van der Waals surface area contributed by atoms with Crippen molar-refractivity contribution in [2.75, 3.05) is 45.2 Å². The molecule has 8 heteroatoms. The maximum Gasteiger partial charge on any atom is 0.191 e. The number of likely N-dealkylation sites (tertiary alicyclic amines) is 1. The van der Waals surface area contributed by atoms with Crippen molar-refractivity contribution in [3.63, 3.8) is 0 Å². The van der Waals surface area contributed by atoms with E-state index in [1.807, 2.05) is 24.6 Å². The Morgan fingerprint density at radius 1 is 1.16 bits per heavy atom. The van der Waals surface area contributed by atoms with Crippen LogP contribution in [-0.2, 0) is 6.54 Å². The first-order chi connectivity index (χ1) is 14.7. The van der Waals surface area contributed by atoms with Crippen LogP contribution in [0.5, 0.6) is 0 Å². The van der Waals surface area contributed by atoms with Crippen molar-refractivity contribution in [1.29, 1.82) is 0 Å². The van der Waals surface area contributed by atoms with Crippen molar-refractivity contribution in [3.8, 4) is 0 Å². The Morgan fingerprint density at radius 3 is 2.68 bits per heavy atom. The fourth-order valence-electron chi connectivity index (χ4n) is 4.67. The number of guanidine groups is 1. The van der Waals surface area contributed by atoms with Crippen molar-refractivity contribution in [3.05, 3.63) is 46.3 Å². The molecule has 0 saturated carbocycles. The lowest BCUT2D eigenvalue weighted by Crippen LogP contribution is -2.44. The van der Waals surface area contributed by atoms with Crippen LogP contribution in [0.4, 0.5) is 5.82 Å². The van der Waals surface area contributed by atoms with Crippen molar-refractivity contribution in [2.24, 2.45) is 10.9 Å². The molecule has 0 aliphatic carbocycles. The topological polar surface area (TPSA) is 55.8 Å². The van der Waals surface area contributed by atoms with E-state index in [2.05, 4.69) is 67.1 Å². The lowest BCUT2D eigenvalue weighted by atomic mass is 9.88. The van der Waals surface area contributed by atoms with Crippen LogP contribution in [-0.4, -0.2) is 56.1 Å². The van der Waals surface area contributed by atoms with Gasteiger partial charge in [0.05, 0.1) is 0 Å². The van der Waals surface area contributed by atoms with E-state index in [1.165, 1.54) is 42.7 Å². The first kappa shape index (κ1) is 24.3. The Labute approximate surface area is 207 Å². The Balaban J connectivity index is 0.00000272. The fourth-order valence-corrected chi connectivity index (χ4v) is 5.65. The summed E-state index contributed by atoms with van der Waals surface area (Å²) in [7, 11) is 4.09. The van der Waals surface area contributed by atoms with Gasteiger partial charge in [0.2, 0.25) is 0 Å². The second-order valence-electron chi connectivity index (χ2n) is 8.37. The van der Waals surface area contributed by atoms with Gasteiger partial charge in [-0.05, 0) is 68.3 Å². The lowest BCUT2D eigenvalue weighted by molar-refractivity contribution is 0.125. The summed E-state index contributed by atoms with van der Waals surface area (Å²) >= 11 is 1.87. The highest BCUT2D eigenvalue weighted by Gasteiger charge is 2.31. The van der Waals surface area contributed by atoms with E-state index < -0.39 is 0 Å². The largest absolute Gasteiger partial charge is 0.357 e. The molecule has 0 radical (unpaired) electrons. The van der Waals surface area contributed by atoms with Crippen molar-refractivity contribution >= 4 is 47.1 Å². The molecule has 2 fully saturated rings. The standard InChI is InChI=1S/C23H34N6S.HI/c1-24-23(26-16-18-9-10-21(25-15-18)29-12-3-4-13-29)27-17-19-7-5-11-28(2)22(19)20-8-6-14-30-20;/h6,8-10,14-15,19,22H,3-5,7,11-13,16-17H2,1-2H3,(H2,24,26,27);1H. The number of nitrogens with one attached hydrogen (secondary N) is 2. The summed E-state index contributed by atoms with van der Waals surface area (Å²) in [6.45, 7) is 5.09. The van der Waals surface area contributed by atoms with Crippen LogP contribution in [0.3, 0.4) is 0 Å². The summed E-state index contributed by atoms with van der Waals surface area (Å²) in [6.07, 6.45) is 7.04. The van der Waals surface area contributed by atoms with Gasteiger partial charge in [0.15, 0.2) is 5.96 Å². The summed E-state index contributed by atoms with van der Waals surface area (Å²) in [5.74, 6) is 2.54. The second-order valence-corrected chi connectivity index (χ2v) is 9.35. The normalized spacial score (nSPS) is 22.3. The maximum absolute atomic E-state index is 4.65. The number of pyridine rings is 1. The summed E-state index contributed by atoms with van der Waals surface area (Å²) in [4.78, 5) is 15.4. The molecular weight excluding hydrogens is 519 g/mol. The zero-order chi connectivity index (χ0) is 20.8. The molecule has 6 nitrogen and oxygen atoms in total. The maximum atomic E-state index is 4.65. The molecule has 2 saturated heterocycles. The monoisotopic (exact) mass is 554 g/mol. The minimum Gasteiger partial charge on any atom is -0.357 e. The van der Waals surface area contributed by atoms with Gasteiger partial charge >= 0.3 is 0 Å². The highest BCUT2D eigenvalue weighted by Crippen LogP contribution is 2.36. The number of aliphatic imine (C=N–C) groups is 1. The van der Waals surface area contributed by atoms with Crippen LogP contribution in [0.1, 0.15) is 42.2 Å². The smallest absolute Gasteiger partial charge is 0.191 e. The molecule has 2 aromatic rings. The fraction of sp³-hybridized carbons (Fsp3) is 0.565. The number of anilines is 1. The molecule has 0 aromatic carbocycles. The van der Waals surface area contributed by atoms with E-state index in [0.29, 0.717) is 12.0 Å². The Morgan fingerprint density at radius 2 is 2.00 bits per heavy atom. The number of nitrogens with zero attached hydrogens (tertiary/aromatic N) is 4. The summed E-state index contributed by atoms with van der Waals surface area (Å²) in [5, 5.41) is 9.20. The van der Waals surface area contributed by atoms with Gasteiger partial charge in [0.1, 0.15) is 5.82 Å². The number of thiophene rings is 1. The van der Waals surface area contributed by atoms with Crippen LogP contribution in [0, 0.1) is 5.92 Å². The van der Waals surface area contributed by atoms with Crippen molar-refractivity contribution in [2.45, 2.75) is 38.3 Å². The molecule has 0 amide bonds. The van der Waals surface area contributed by atoms with Crippen molar-refractivity contribution < 1.29 is 0 Å². The number of rotatable bonds is 6. The van der Waals surface area contributed by atoms with Gasteiger partial charge in [0, 0.05) is 50.3 Å². The van der Waals surface area contributed by atoms with Gasteiger partial charge in [-0.2, -0.15) is 0 Å². The minimum absolute atomic E-state index is 0. The Kier molecular flexibility index (Phi) is 9.40. The quantitative estimate of drug-likeness (QED) is 0.320. The molecule has 2 N–H and O–H groups in total. The molecule has 2 aliphatic heterocycles. The highest BCUT2D eigenvalue weighted by atomic mass is 127. The van der Waals surface area contributed by atoms with E-state index in [9.17, 15) is 0 Å². The van der Waals surface area contributed by atoms with Gasteiger partial charge in [-0.25, -0.2) is 4.98 Å². The van der Waals surface area contributed by atoms with E-state index in [1.54, 1.807) is 0 Å². The number of aromatic nitrogens is 1. The van der Waals surface area contributed by atoms with Gasteiger partial charge in [-0.3, -0.25) is 9.89 Å². The molecule has 4 heterocycles. The van der Waals surface area contributed by atoms with E-state index in [-0.39, 0.29) is 24.0 Å². The third kappa shape index (κ3) is 6.32. The lowest BCUT2D eigenvalue weighted by Gasteiger charge is -2.39. The summed E-state index contributed by atoms with van der Waals surface area (Å²) in [5.41, 5.74) is 1.18. The summed E-state index contributed by atoms with van der Waals surface area (Å²) < 4.78 is 0. The molecule has 4 rings (SSSR count). The Hall–Kier alpha value is -1.39. The number of hydrogen-bond acceptors (Lipinski definition) is 5. The first-order valence-electron chi connectivity index (χ1n) is 11.1. The van der Waals surface area contributed by atoms with E-state index in [4.69, 9.17) is 0 Å². The molecule has 170 valence electrons. The van der Waals surface area contributed by atoms with Gasteiger partial charge < -0.3 is 15.5 Å². The predicted molar refractivity (Wildman–Crippen MR) is 142 cm³/mol. The number of piperidine rings is 1. The molecule has 2 aromatic heterocycles. The molecule has 2 atom stereocenters. The van der Waals surface area contributed by atoms with Crippen LogP contribution < -0.4 is 15.5 Å². The van der Waals surface area contributed by atoms with Gasteiger partial charge in [-0.1, -0.05) is 12.1 Å². The van der Waals surface area contributed by atoms with Crippen LogP contribution in [0.15, 0.2) is 40.8 Å². The zero-order valence-corrected chi connectivity index (χ0v) is 21.7. The minimum atomic E-state index is 0. The molecule has 0 bridgehead atoms. The van der Waals surface area contributed by atoms with E-state index >= 15 is 0 Å². The van der Waals surface area contributed by atoms with E-state index in [0.717, 1.165) is 38.0 Å². The molecule has 31 heavy (non-hydrogen) atoms. The Bertz CT molecular complexity index is 804. The predicted octanol–water partition coefficient (Wildman–Crippen LogP) is 4.11. The van der Waals surface area contributed by atoms with Crippen molar-refractivity contribution in [1.82, 2.24) is 20.5 Å². The number of halogens is 1. The first-order valence-corrected chi connectivity index (χ1v) is 12.0. The van der Waals surface area contributed by atoms with Crippen LogP contribution in [0.25, 0.3) is 0 Å². The van der Waals surface area contributed by atoms with Crippen LogP contribution in [0.2, 0.25) is 0 Å². The SMILES string of the molecule is CN=C(NCc1ccc(N2CCCC2)nc1)NCC1CCCN(C)C1c1cccs1.I. The third-order valence-electron chi connectivity index (χ3n) is 6.30. The highest BCUT2D eigenvalue weighted by molar-refractivity contribution is 14.0. The molecular formula is C23H35IN6S. The average Bonchev–Trinajstić information content (AvgIpc) is 3.49. The molecule has 0 spiro atoms. The average molecular weight is 555 g/mol. The second kappa shape index (κ2) is 12.0. The van der Waals surface area contributed by atoms with Gasteiger partial charge in [-0.15, -0.1) is 35.3 Å². The van der Waals surface area contributed by atoms with Crippen LogP contribution >= 0.6 is 35.3 Å². The third-order valence-corrected chi connectivity index (χ3v) is 7.24. The molecule has 2 unspecified atom stereocenters. The zero-order valence-electron chi connectivity index (χ0n) is 18.6.